The molecule has 2 N–H and O–H groups in total. The molecule has 1 saturated carbocycles. The van der Waals surface area contributed by atoms with Crippen LogP contribution in [0.2, 0.25) is 0 Å². The molecule has 3 heterocycles. The van der Waals surface area contributed by atoms with E-state index in [9.17, 15) is 31.5 Å². The first-order chi connectivity index (χ1) is 22.6. The number of rotatable bonds is 10. The molecule has 16 heteroatoms. The third-order valence-electron chi connectivity index (χ3n) is 9.30. The third-order valence-corrected chi connectivity index (χ3v) is 9.30. The molecule has 2 aliphatic heterocycles. The van der Waals surface area contributed by atoms with Crippen molar-refractivity contribution >= 4 is 40.8 Å². The summed E-state index contributed by atoms with van der Waals surface area (Å²) >= 11 is 0. The SMILES string of the molecule is C=CC(=O)Nc1cc(Nc2ncc3c(n2)N(C2CCC(F)(F)CC2)C(=O)N([C@@H](CC)C(F)(F)F)C3)c(OC)cc1N1CC[C@@H](N(C)C)C1. The average molecular weight is 681 g/mol. The quantitative estimate of drug-likeness (QED) is 0.227. The molecule has 2 aromatic rings. The monoisotopic (exact) mass is 680 g/mol. The number of nitrogens with zero attached hydrogens (tertiary/aromatic N) is 6. The summed E-state index contributed by atoms with van der Waals surface area (Å²) in [6.45, 7) is 5.95. The molecule has 0 spiro atoms. The minimum atomic E-state index is -4.70. The Hall–Kier alpha value is -4.21. The fourth-order valence-corrected chi connectivity index (χ4v) is 6.63. The fourth-order valence-electron chi connectivity index (χ4n) is 6.63. The minimum Gasteiger partial charge on any atom is -0.494 e. The van der Waals surface area contributed by atoms with Gasteiger partial charge in [0.05, 0.1) is 30.7 Å². The van der Waals surface area contributed by atoms with Crippen LogP contribution < -0.4 is 25.2 Å². The van der Waals surface area contributed by atoms with Crippen LogP contribution in [0.4, 0.5) is 55.6 Å². The van der Waals surface area contributed by atoms with Gasteiger partial charge in [0.25, 0.3) is 0 Å². The van der Waals surface area contributed by atoms with Gasteiger partial charge in [-0.15, -0.1) is 0 Å². The van der Waals surface area contributed by atoms with Crippen LogP contribution in [0.15, 0.2) is 31.0 Å². The first-order valence-electron chi connectivity index (χ1n) is 15.9. The van der Waals surface area contributed by atoms with E-state index in [1.165, 1.54) is 20.2 Å². The zero-order valence-electron chi connectivity index (χ0n) is 27.4. The van der Waals surface area contributed by atoms with Crippen LogP contribution >= 0.6 is 0 Å². The number of urea groups is 1. The van der Waals surface area contributed by atoms with E-state index in [4.69, 9.17) is 4.74 Å². The number of hydrogen-bond acceptors (Lipinski definition) is 8. The summed E-state index contributed by atoms with van der Waals surface area (Å²) in [6, 6.07) is -0.0575. The van der Waals surface area contributed by atoms with E-state index in [0.717, 1.165) is 41.1 Å². The van der Waals surface area contributed by atoms with Crippen LogP contribution in [0.5, 0.6) is 5.75 Å². The van der Waals surface area contributed by atoms with Gasteiger partial charge in [0.1, 0.15) is 17.6 Å². The summed E-state index contributed by atoms with van der Waals surface area (Å²) in [7, 11) is 5.50. The van der Waals surface area contributed by atoms with Gasteiger partial charge in [-0.05, 0) is 51.9 Å². The van der Waals surface area contributed by atoms with Gasteiger partial charge in [0, 0.05) is 55.8 Å². The molecule has 0 unspecified atom stereocenters. The molecule has 2 fully saturated rings. The summed E-state index contributed by atoms with van der Waals surface area (Å²) in [5, 5.41) is 5.91. The lowest BCUT2D eigenvalue weighted by atomic mass is 9.90. The number of methoxy groups -OCH3 is 1. The van der Waals surface area contributed by atoms with Crippen LogP contribution in [0.1, 0.15) is 51.0 Å². The first kappa shape index (κ1) is 35.1. The standard InChI is InChI=1S/C32H41F5N8O3/c1-6-26(32(35,36)37)44-17-19-16-38-29(41-28(19)45(30(44)47)20-8-11-31(33,34)12-9-20)40-23-14-22(39-27(46)7-2)24(15-25(23)48-5)43-13-10-21(18-43)42(3)4/h7,14-16,20-21,26H,2,6,8-13,17-18H2,1,3-5H3,(H,39,46)(H,38,40,41)/t21-,26+/m1/s1. The van der Waals surface area contributed by atoms with E-state index in [2.05, 4.69) is 37.0 Å². The largest absolute Gasteiger partial charge is 0.494 e. The van der Waals surface area contributed by atoms with Gasteiger partial charge in [-0.3, -0.25) is 9.69 Å². The third kappa shape index (κ3) is 7.27. The smallest absolute Gasteiger partial charge is 0.408 e. The molecule has 1 aromatic heterocycles. The summed E-state index contributed by atoms with van der Waals surface area (Å²) < 4.78 is 75.9. The number of likely N-dealkylation sites (N-methyl/N-ethyl adjacent to an activating group) is 1. The zero-order valence-corrected chi connectivity index (χ0v) is 27.4. The van der Waals surface area contributed by atoms with Crippen LogP contribution in [0.25, 0.3) is 0 Å². The maximum Gasteiger partial charge on any atom is 0.408 e. The molecule has 3 amide bonds. The summed E-state index contributed by atoms with van der Waals surface area (Å²) in [5.74, 6) is -2.91. The predicted octanol–water partition coefficient (Wildman–Crippen LogP) is 6.15. The molecule has 1 aromatic carbocycles. The lowest BCUT2D eigenvalue weighted by molar-refractivity contribution is -0.178. The van der Waals surface area contributed by atoms with Gasteiger partial charge in [0.2, 0.25) is 17.8 Å². The molecule has 0 bridgehead atoms. The van der Waals surface area contributed by atoms with Gasteiger partial charge in [0.15, 0.2) is 0 Å². The van der Waals surface area contributed by atoms with E-state index in [1.807, 2.05) is 14.1 Å². The number of ether oxygens (including phenoxy) is 1. The highest BCUT2D eigenvalue weighted by Gasteiger charge is 2.50. The number of halogens is 5. The minimum absolute atomic E-state index is 0.00936. The van der Waals surface area contributed by atoms with Crippen LogP contribution in [0, 0.1) is 0 Å². The van der Waals surface area contributed by atoms with Gasteiger partial charge < -0.3 is 30.1 Å². The Morgan fingerprint density at radius 1 is 1.21 bits per heavy atom. The van der Waals surface area contributed by atoms with Crippen molar-refractivity contribution in [2.75, 3.05) is 54.7 Å². The van der Waals surface area contributed by atoms with E-state index in [1.54, 1.807) is 12.1 Å². The van der Waals surface area contributed by atoms with Crippen molar-refractivity contribution in [2.24, 2.45) is 0 Å². The van der Waals surface area contributed by atoms with Crippen molar-refractivity contribution in [1.82, 2.24) is 19.8 Å². The van der Waals surface area contributed by atoms with Crippen molar-refractivity contribution in [3.05, 3.63) is 36.5 Å². The topological polar surface area (TPSA) is 106 Å². The molecule has 1 aliphatic carbocycles. The highest BCUT2D eigenvalue weighted by atomic mass is 19.4. The molecule has 0 radical (unpaired) electrons. The number of anilines is 5. The predicted molar refractivity (Wildman–Crippen MR) is 172 cm³/mol. The van der Waals surface area contributed by atoms with Crippen LogP contribution in [-0.4, -0.2) is 96.2 Å². The maximum absolute atomic E-state index is 14.1. The number of aromatic nitrogens is 2. The number of fused-ring (bicyclic) bond motifs is 1. The van der Waals surface area contributed by atoms with Crippen LogP contribution in [0.3, 0.4) is 0 Å². The van der Waals surface area contributed by atoms with Crippen molar-refractivity contribution in [1.29, 1.82) is 0 Å². The second-order valence-corrected chi connectivity index (χ2v) is 12.6. The summed E-state index contributed by atoms with van der Waals surface area (Å²) in [4.78, 5) is 41.2. The van der Waals surface area contributed by atoms with Crippen molar-refractivity contribution in [3.63, 3.8) is 0 Å². The van der Waals surface area contributed by atoms with Crippen molar-refractivity contribution < 1.29 is 36.3 Å². The molecular formula is C32H41F5N8O3. The van der Waals surface area contributed by atoms with Gasteiger partial charge in [-0.2, -0.15) is 18.2 Å². The molecular weight excluding hydrogens is 639 g/mol. The Kier molecular flexibility index (Phi) is 10.0. The number of amides is 3. The highest BCUT2D eigenvalue weighted by molar-refractivity contribution is 6.02. The number of nitrogens with one attached hydrogen (secondary N) is 2. The highest BCUT2D eigenvalue weighted by Crippen LogP contribution is 2.43. The Balaban J connectivity index is 1.52. The van der Waals surface area contributed by atoms with E-state index < -0.39 is 55.5 Å². The Morgan fingerprint density at radius 3 is 2.50 bits per heavy atom. The van der Waals surface area contributed by atoms with Crippen molar-refractivity contribution in [2.45, 2.75) is 82.2 Å². The Morgan fingerprint density at radius 2 is 1.92 bits per heavy atom. The molecule has 262 valence electrons. The fraction of sp³-hybridized carbons (Fsp3) is 0.562. The number of benzene rings is 1. The zero-order chi connectivity index (χ0) is 35.0. The molecule has 2 atom stereocenters. The maximum atomic E-state index is 14.1. The van der Waals surface area contributed by atoms with Gasteiger partial charge >= 0.3 is 12.2 Å². The number of carbonyl (C=O) groups is 2. The van der Waals surface area contributed by atoms with E-state index >= 15 is 0 Å². The van der Waals surface area contributed by atoms with Crippen molar-refractivity contribution in [3.8, 4) is 5.75 Å². The number of carbonyl (C=O) groups excluding carboxylic acids is 2. The molecule has 1 saturated heterocycles. The van der Waals surface area contributed by atoms with Gasteiger partial charge in [-0.25, -0.2) is 18.6 Å². The summed E-state index contributed by atoms with van der Waals surface area (Å²) in [6.07, 6.45) is -2.88. The lowest BCUT2D eigenvalue weighted by Crippen LogP contribution is -2.59. The normalized spacial score (nSPS) is 20.5. The van der Waals surface area contributed by atoms with Crippen LogP contribution in [-0.2, 0) is 11.3 Å². The van der Waals surface area contributed by atoms with E-state index in [0.29, 0.717) is 23.2 Å². The van der Waals surface area contributed by atoms with E-state index in [-0.39, 0.29) is 36.6 Å². The molecule has 3 aliphatic rings. The molecule has 48 heavy (non-hydrogen) atoms. The second-order valence-electron chi connectivity index (χ2n) is 12.6. The lowest BCUT2D eigenvalue weighted by Gasteiger charge is -2.44. The van der Waals surface area contributed by atoms with Gasteiger partial charge in [-0.1, -0.05) is 13.5 Å². The number of hydrogen-bond donors (Lipinski definition) is 2. The average Bonchev–Trinajstić information content (AvgIpc) is 3.52. The number of alkyl halides is 5. The Labute approximate surface area is 276 Å². The molecule has 11 nitrogen and oxygen atoms in total. The summed E-state index contributed by atoms with van der Waals surface area (Å²) in [5.41, 5.74) is 1.81. The molecule has 5 rings (SSSR count). The Bertz CT molecular complexity index is 1530. The second kappa shape index (κ2) is 13.7. The first-order valence-corrected chi connectivity index (χ1v) is 15.9.